The van der Waals surface area contributed by atoms with Crippen LogP contribution in [0.2, 0.25) is 0 Å². The number of aromatic nitrogens is 1. The molecule has 0 saturated heterocycles. The second kappa shape index (κ2) is 6.12. The summed E-state index contributed by atoms with van der Waals surface area (Å²) in [6, 6.07) is 6.09. The van der Waals surface area contributed by atoms with Crippen molar-refractivity contribution in [2.75, 3.05) is 18.8 Å². The minimum absolute atomic E-state index is 0.154. The third-order valence-electron chi connectivity index (χ3n) is 3.30. The molecule has 0 spiro atoms. The first-order chi connectivity index (χ1) is 9.67. The van der Waals surface area contributed by atoms with E-state index in [-0.39, 0.29) is 18.7 Å². The molecule has 104 valence electrons. The Morgan fingerprint density at radius 1 is 1.35 bits per heavy atom. The first-order valence-corrected chi connectivity index (χ1v) is 6.68. The van der Waals surface area contributed by atoms with Crippen LogP contribution >= 0.6 is 0 Å². The van der Waals surface area contributed by atoms with Gasteiger partial charge in [0.05, 0.1) is 30.7 Å². The predicted octanol–water partition coefficient (Wildman–Crippen LogP) is 1.67. The van der Waals surface area contributed by atoms with Crippen molar-refractivity contribution in [1.29, 1.82) is 10.5 Å². The molecule has 1 aliphatic carbocycles. The lowest BCUT2D eigenvalue weighted by Crippen LogP contribution is -2.34. The van der Waals surface area contributed by atoms with Gasteiger partial charge < -0.3 is 15.2 Å². The van der Waals surface area contributed by atoms with Crippen LogP contribution in [0, 0.1) is 22.7 Å². The Balaban J connectivity index is 2.17. The van der Waals surface area contributed by atoms with Crippen LogP contribution in [-0.2, 0) is 0 Å². The maximum Gasteiger partial charge on any atom is 0.270 e. The van der Waals surface area contributed by atoms with Gasteiger partial charge >= 0.3 is 0 Å². The van der Waals surface area contributed by atoms with Gasteiger partial charge in [-0.2, -0.15) is 10.5 Å². The lowest BCUT2D eigenvalue weighted by atomic mass is 10.3. The van der Waals surface area contributed by atoms with E-state index >= 15 is 0 Å². The van der Waals surface area contributed by atoms with Crippen LogP contribution in [0.25, 0.3) is 0 Å². The van der Waals surface area contributed by atoms with E-state index in [1.165, 1.54) is 0 Å². The minimum Gasteiger partial charge on any atom is -0.397 e. The number of amides is 1. The van der Waals surface area contributed by atoms with Gasteiger partial charge in [-0.1, -0.05) is 0 Å². The monoisotopic (exact) mass is 271 g/mol. The summed E-state index contributed by atoms with van der Waals surface area (Å²) < 4.78 is 1.92. The molecule has 0 atom stereocenters. The molecule has 0 unspecified atom stereocenters. The Morgan fingerprint density at radius 2 is 1.95 bits per heavy atom. The van der Waals surface area contributed by atoms with Crippen molar-refractivity contribution in [2.45, 2.75) is 31.7 Å². The van der Waals surface area contributed by atoms with Crippen molar-refractivity contribution < 1.29 is 4.79 Å². The Bertz CT molecular complexity index is 555. The maximum atomic E-state index is 12.6. The molecule has 6 heteroatoms. The van der Waals surface area contributed by atoms with E-state index in [1.54, 1.807) is 17.2 Å². The molecule has 1 aliphatic rings. The molecule has 1 aromatic rings. The average Bonchev–Trinajstić information content (AvgIpc) is 3.21. The van der Waals surface area contributed by atoms with E-state index in [0.29, 0.717) is 30.5 Å². The average molecular weight is 271 g/mol. The number of nitrogens with zero attached hydrogens (tertiary/aromatic N) is 4. The largest absolute Gasteiger partial charge is 0.397 e. The van der Waals surface area contributed by atoms with E-state index in [1.807, 2.05) is 16.7 Å². The summed E-state index contributed by atoms with van der Waals surface area (Å²) in [6.45, 7) is 0.680. The molecular weight excluding hydrogens is 254 g/mol. The lowest BCUT2D eigenvalue weighted by Gasteiger charge is -2.21. The number of nitrogens with two attached hydrogens (primary N) is 1. The molecule has 0 bridgehead atoms. The van der Waals surface area contributed by atoms with Crippen molar-refractivity contribution in [1.82, 2.24) is 9.47 Å². The number of anilines is 1. The third kappa shape index (κ3) is 3.10. The van der Waals surface area contributed by atoms with Crippen molar-refractivity contribution in [2.24, 2.45) is 0 Å². The summed E-state index contributed by atoms with van der Waals surface area (Å²) in [5.74, 6) is -0.154. The Hall–Kier alpha value is -2.47. The minimum atomic E-state index is -0.154. The number of carbonyl (C=O) groups excluding carboxylic acids is 1. The second-order valence-corrected chi connectivity index (χ2v) is 4.91. The zero-order valence-electron chi connectivity index (χ0n) is 11.2. The van der Waals surface area contributed by atoms with Crippen LogP contribution in [0.4, 0.5) is 5.69 Å². The lowest BCUT2D eigenvalue weighted by molar-refractivity contribution is 0.0751. The van der Waals surface area contributed by atoms with Gasteiger partial charge in [-0.25, -0.2) is 0 Å². The SMILES string of the molecule is N#CCCN(CCC#N)C(=O)c1cc(N)cn1C1CC1. The number of hydrogen-bond acceptors (Lipinski definition) is 4. The summed E-state index contributed by atoms with van der Waals surface area (Å²) in [4.78, 5) is 14.1. The van der Waals surface area contributed by atoms with E-state index < -0.39 is 0 Å². The zero-order chi connectivity index (χ0) is 14.5. The highest BCUT2D eigenvalue weighted by Gasteiger charge is 2.29. The fraction of sp³-hybridized carbons (Fsp3) is 0.500. The van der Waals surface area contributed by atoms with Crippen molar-refractivity contribution in [3.63, 3.8) is 0 Å². The Kier molecular flexibility index (Phi) is 4.27. The third-order valence-corrected chi connectivity index (χ3v) is 3.30. The van der Waals surface area contributed by atoms with Crippen LogP contribution in [0.15, 0.2) is 12.3 Å². The summed E-state index contributed by atoms with van der Waals surface area (Å²) in [5, 5.41) is 17.3. The summed E-state index contributed by atoms with van der Waals surface area (Å²) in [5.41, 5.74) is 6.91. The van der Waals surface area contributed by atoms with E-state index in [2.05, 4.69) is 0 Å². The molecule has 0 aliphatic heterocycles. The van der Waals surface area contributed by atoms with Gasteiger partial charge in [0.25, 0.3) is 5.91 Å². The van der Waals surface area contributed by atoms with Crippen LogP contribution in [0.5, 0.6) is 0 Å². The van der Waals surface area contributed by atoms with Crippen LogP contribution in [0.1, 0.15) is 42.2 Å². The van der Waals surface area contributed by atoms with Gasteiger partial charge in [0.1, 0.15) is 5.69 Å². The number of hydrogen-bond donors (Lipinski definition) is 1. The second-order valence-electron chi connectivity index (χ2n) is 4.91. The molecule has 1 amide bonds. The van der Waals surface area contributed by atoms with Crippen LogP contribution in [-0.4, -0.2) is 28.5 Å². The highest BCUT2D eigenvalue weighted by Crippen LogP contribution is 2.37. The normalized spacial score (nSPS) is 13.5. The molecule has 0 aromatic carbocycles. The van der Waals surface area contributed by atoms with Crippen LogP contribution in [0.3, 0.4) is 0 Å². The van der Waals surface area contributed by atoms with Gasteiger partial charge in [-0.05, 0) is 18.9 Å². The fourth-order valence-corrected chi connectivity index (χ4v) is 2.17. The van der Waals surface area contributed by atoms with Gasteiger partial charge in [0.15, 0.2) is 0 Å². The van der Waals surface area contributed by atoms with Crippen molar-refractivity contribution in [3.05, 3.63) is 18.0 Å². The molecule has 1 heterocycles. The van der Waals surface area contributed by atoms with E-state index in [0.717, 1.165) is 12.8 Å². The first kappa shape index (κ1) is 14.0. The summed E-state index contributed by atoms with van der Waals surface area (Å²) in [6.07, 6.45) is 4.43. The van der Waals surface area contributed by atoms with E-state index in [9.17, 15) is 4.79 Å². The molecular formula is C14H17N5O. The molecule has 20 heavy (non-hydrogen) atoms. The van der Waals surface area contributed by atoms with Gasteiger partial charge in [-0.3, -0.25) is 4.79 Å². The molecule has 2 rings (SSSR count). The molecule has 6 nitrogen and oxygen atoms in total. The molecule has 1 saturated carbocycles. The van der Waals surface area contributed by atoms with Crippen molar-refractivity contribution >= 4 is 11.6 Å². The standard InChI is InChI=1S/C14H17N5O/c15-5-1-7-18(8-2-6-16)14(20)13-9-11(17)10-19(13)12-3-4-12/h9-10,12H,1-4,7-8,17H2. The molecule has 0 radical (unpaired) electrons. The van der Waals surface area contributed by atoms with Gasteiger partial charge in [0, 0.05) is 25.3 Å². The number of nitrogen functional groups attached to an aromatic ring is 1. The predicted molar refractivity (Wildman–Crippen MR) is 73.5 cm³/mol. The highest BCUT2D eigenvalue weighted by atomic mass is 16.2. The quantitative estimate of drug-likeness (QED) is 0.850. The summed E-state index contributed by atoms with van der Waals surface area (Å²) in [7, 11) is 0. The first-order valence-electron chi connectivity index (χ1n) is 6.68. The fourth-order valence-electron chi connectivity index (χ4n) is 2.17. The van der Waals surface area contributed by atoms with Gasteiger partial charge in [-0.15, -0.1) is 0 Å². The Morgan fingerprint density at radius 3 is 2.45 bits per heavy atom. The number of nitriles is 2. The smallest absolute Gasteiger partial charge is 0.270 e. The molecule has 1 fully saturated rings. The number of carbonyl (C=O) groups is 1. The van der Waals surface area contributed by atoms with Gasteiger partial charge in [0.2, 0.25) is 0 Å². The molecule has 1 aromatic heterocycles. The van der Waals surface area contributed by atoms with Crippen molar-refractivity contribution in [3.8, 4) is 12.1 Å². The highest BCUT2D eigenvalue weighted by molar-refractivity contribution is 5.94. The number of rotatable bonds is 6. The topological polar surface area (TPSA) is 98.8 Å². The van der Waals surface area contributed by atoms with E-state index in [4.69, 9.17) is 16.3 Å². The zero-order valence-corrected chi connectivity index (χ0v) is 11.2. The summed E-state index contributed by atoms with van der Waals surface area (Å²) >= 11 is 0. The van der Waals surface area contributed by atoms with Crippen LogP contribution < -0.4 is 5.73 Å². The Labute approximate surface area is 118 Å². The maximum absolute atomic E-state index is 12.6. The molecule has 2 N–H and O–H groups in total.